The summed E-state index contributed by atoms with van der Waals surface area (Å²) in [5, 5.41) is 8.49. The molecule has 0 amide bonds. The lowest BCUT2D eigenvalue weighted by Gasteiger charge is -2.04. The molecule has 0 atom stereocenters. The van der Waals surface area contributed by atoms with Crippen LogP contribution in [0.15, 0.2) is 74.5 Å². The number of pyridine rings is 1. The molecule has 0 saturated heterocycles. The second kappa shape index (κ2) is 8.44. The molecule has 5 aromatic heterocycles. The van der Waals surface area contributed by atoms with Gasteiger partial charge in [-0.1, -0.05) is 25.3 Å². The van der Waals surface area contributed by atoms with E-state index in [1.165, 1.54) is 16.1 Å². The number of rotatable bonds is 6. The van der Waals surface area contributed by atoms with Gasteiger partial charge in [0.05, 0.1) is 11.4 Å². The first-order valence-electron chi connectivity index (χ1n) is 10.4. The highest BCUT2D eigenvalue weighted by atomic mass is 32.1. The quantitative estimate of drug-likeness (QED) is 0.292. The number of allylic oxidation sites excluding steroid dienone is 3. The summed E-state index contributed by atoms with van der Waals surface area (Å²) in [6.45, 7) is 12.1. The fourth-order valence-corrected chi connectivity index (χ4v) is 4.79. The van der Waals surface area contributed by atoms with E-state index in [-0.39, 0.29) is 0 Å². The van der Waals surface area contributed by atoms with E-state index in [0.29, 0.717) is 5.65 Å². The summed E-state index contributed by atoms with van der Waals surface area (Å²) < 4.78 is 0. The van der Waals surface area contributed by atoms with Crippen LogP contribution < -0.4 is 0 Å². The summed E-state index contributed by atoms with van der Waals surface area (Å²) in [5.74, 6) is 0. The number of aryl methyl sites for hydroxylation is 1. The van der Waals surface area contributed by atoms with E-state index in [0.717, 1.165) is 50.3 Å². The van der Waals surface area contributed by atoms with Crippen molar-refractivity contribution in [1.82, 2.24) is 30.1 Å². The van der Waals surface area contributed by atoms with Crippen LogP contribution in [0.25, 0.3) is 44.7 Å². The number of hydrogen-bond donors (Lipinski definition) is 2. The van der Waals surface area contributed by atoms with Gasteiger partial charge in [0.1, 0.15) is 6.33 Å². The zero-order chi connectivity index (χ0) is 22.9. The smallest absolute Gasteiger partial charge is 0.181 e. The Hall–Kier alpha value is -4.10. The van der Waals surface area contributed by atoms with Crippen molar-refractivity contribution in [3.8, 4) is 22.5 Å². The van der Waals surface area contributed by atoms with E-state index in [1.54, 1.807) is 29.9 Å². The minimum absolute atomic E-state index is 0.658. The number of aromatic amines is 2. The van der Waals surface area contributed by atoms with Crippen molar-refractivity contribution >= 4 is 33.5 Å². The van der Waals surface area contributed by atoms with Crippen LogP contribution in [0.2, 0.25) is 0 Å². The topological polar surface area (TPSA) is 83.1 Å². The average molecular weight is 451 g/mol. The Morgan fingerprint density at radius 3 is 2.58 bits per heavy atom. The first kappa shape index (κ1) is 20.8. The minimum Gasteiger partial charge on any atom is -0.357 e. The van der Waals surface area contributed by atoms with Gasteiger partial charge in [0.2, 0.25) is 0 Å². The van der Waals surface area contributed by atoms with Gasteiger partial charge in [0, 0.05) is 61.7 Å². The molecule has 6 nitrogen and oxygen atoms in total. The van der Waals surface area contributed by atoms with E-state index in [9.17, 15) is 0 Å². The lowest BCUT2D eigenvalue weighted by atomic mass is 10.0. The third-order valence-corrected chi connectivity index (χ3v) is 6.73. The molecule has 0 aromatic carbocycles. The fourth-order valence-electron chi connectivity index (χ4n) is 3.82. The first-order chi connectivity index (χ1) is 16.0. The molecule has 0 aliphatic carbocycles. The molecule has 0 aliphatic heterocycles. The van der Waals surface area contributed by atoms with E-state index in [1.807, 2.05) is 19.1 Å². The molecule has 5 heterocycles. The van der Waals surface area contributed by atoms with Crippen molar-refractivity contribution in [1.29, 1.82) is 0 Å². The van der Waals surface area contributed by atoms with Crippen LogP contribution in [-0.2, 0) is 0 Å². The molecule has 7 heteroatoms. The predicted octanol–water partition coefficient (Wildman–Crippen LogP) is 6.43. The molecule has 2 N–H and O–H groups in total. The van der Waals surface area contributed by atoms with Gasteiger partial charge in [-0.3, -0.25) is 5.10 Å². The molecule has 0 unspecified atom stereocenters. The largest absolute Gasteiger partial charge is 0.357 e. The van der Waals surface area contributed by atoms with E-state index < -0.39 is 0 Å². The Kier molecular flexibility index (Phi) is 5.32. The first-order valence-corrected chi connectivity index (χ1v) is 11.3. The Morgan fingerprint density at radius 2 is 1.85 bits per heavy atom. The van der Waals surface area contributed by atoms with Gasteiger partial charge in [-0.25, -0.2) is 15.0 Å². The third kappa shape index (κ3) is 3.83. The van der Waals surface area contributed by atoms with Crippen molar-refractivity contribution in [3.05, 3.63) is 95.5 Å². The average Bonchev–Trinajstić information content (AvgIpc) is 3.56. The molecule has 0 bridgehead atoms. The Bertz CT molecular complexity index is 1520. The molecular weight excluding hydrogens is 428 g/mol. The lowest BCUT2D eigenvalue weighted by molar-refractivity contribution is 1.09. The molecule has 0 fully saturated rings. The molecule has 0 saturated carbocycles. The zero-order valence-corrected chi connectivity index (χ0v) is 19.2. The number of thiophene rings is 1. The highest BCUT2D eigenvalue weighted by molar-refractivity contribution is 7.14. The molecule has 5 rings (SSSR count). The van der Waals surface area contributed by atoms with Crippen molar-refractivity contribution in [3.63, 3.8) is 0 Å². The van der Waals surface area contributed by atoms with E-state index in [2.05, 4.69) is 74.5 Å². The maximum Gasteiger partial charge on any atom is 0.181 e. The second-order valence-corrected chi connectivity index (χ2v) is 8.89. The minimum atomic E-state index is 0.658. The Labute approximate surface area is 195 Å². The number of fused-ring (bicyclic) bond motifs is 1. The molecule has 0 aliphatic rings. The molecule has 5 aromatic rings. The Balaban J connectivity index is 1.59. The zero-order valence-electron chi connectivity index (χ0n) is 18.4. The van der Waals surface area contributed by atoms with E-state index >= 15 is 0 Å². The van der Waals surface area contributed by atoms with Gasteiger partial charge in [0.15, 0.2) is 5.65 Å². The molecule has 0 spiro atoms. The van der Waals surface area contributed by atoms with Gasteiger partial charge in [-0.05, 0) is 43.7 Å². The lowest BCUT2D eigenvalue weighted by Crippen LogP contribution is -1.85. The van der Waals surface area contributed by atoms with Gasteiger partial charge in [0.25, 0.3) is 0 Å². The van der Waals surface area contributed by atoms with Crippen LogP contribution in [0.4, 0.5) is 0 Å². The number of nitrogens with one attached hydrogen (secondary N) is 2. The normalized spacial score (nSPS) is 11.8. The van der Waals surface area contributed by atoms with Crippen LogP contribution >= 0.6 is 11.3 Å². The van der Waals surface area contributed by atoms with Crippen molar-refractivity contribution in [2.75, 3.05) is 0 Å². The fraction of sp³-hybridized carbons (Fsp3) is 0.0769. The molecule has 162 valence electrons. The van der Waals surface area contributed by atoms with Crippen molar-refractivity contribution in [2.24, 2.45) is 0 Å². The van der Waals surface area contributed by atoms with Crippen LogP contribution in [-0.4, -0.2) is 30.1 Å². The number of hydrogen-bond acceptors (Lipinski definition) is 5. The van der Waals surface area contributed by atoms with Crippen molar-refractivity contribution in [2.45, 2.75) is 13.8 Å². The van der Waals surface area contributed by atoms with Crippen LogP contribution in [0, 0.1) is 6.92 Å². The summed E-state index contributed by atoms with van der Waals surface area (Å²) in [6, 6.07) is 8.47. The molecule has 0 radical (unpaired) electrons. The van der Waals surface area contributed by atoms with Gasteiger partial charge in [-0.15, -0.1) is 11.3 Å². The predicted molar refractivity (Wildman–Crippen MR) is 136 cm³/mol. The Morgan fingerprint density at radius 1 is 1.06 bits per heavy atom. The van der Waals surface area contributed by atoms with Gasteiger partial charge < -0.3 is 4.98 Å². The van der Waals surface area contributed by atoms with Crippen LogP contribution in [0.5, 0.6) is 0 Å². The second-order valence-electron chi connectivity index (χ2n) is 7.80. The summed E-state index contributed by atoms with van der Waals surface area (Å²) in [5.41, 5.74) is 8.69. The highest BCUT2D eigenvalue weighted by Gasteiger charge is 2.17. The maximum absolute atomic E-state index is 4.52. The maximum atomic E-state index is 4.52. The summed E-state index contributed by atoms with van der Waals surface area (Å²) in [6.07, 6.45) is 10.7. The monoisotopic (exact) mass is 450 g/mol. The van der Waals surface area contributed by atoms with Crippen LogP contribution in [0.3, 0.4) is 0 Å². The number of aromatic nitrogens is 6. The van der Waals surface area contributed by atoms with Crippen LogP contribution in [0.1, 0.15) is 27.9 Å². The van der Waals surface area contributed by atoms with E-state index in [4.69, 9.17) is 0 Å². The standard InChI is InChI=1S/C26H22N6S/c1-5-6-19(24-8-7-23(33-24)15(2)3)20-10-22(30-16(20)4)25-21-9-17(13-29-26(21)32-31-25)18-11-27-14-28-12-18/h5-14,30H,1-2H2,3-4H3,(H,29,31,32)/b19-6+. The summed E-state index contributed by atoms with van der Waals surface area (Å²) >= 11 is 1.73. The molecule has 33 heavy (non-hydrogen) atoms. The third-order valence-electron chi connectivity index (χ3n) is 5.45. The van der Waals surface area contributed by atoms with Gasteiger partial charge in [-0.2, -0.15) is 5.10 Å². The summed E-state index contributed by atoms with van der Waals surface area (Å²) in [4.78, 5) is 18.6. The van der Waals surface area contributed by atoms with Gasteiger partial charge >= 0.3 is 0 Å². The SMILES string of the molecule is C=C/C=C(/c1ccc(C(=C)C)s1)c1cc(-c2[nH]nc3ncc(-c4cncnc4)cc23)[nH]c1C. The number of nitrogens with zero attached hydrogens (tertiary/aromatic N) is 4. The highest BCUT2D eigenvalue weighted by Crippen LogP contribution is 2.36. The number of H-pyrrole nitrogens is 2. The summed E-state index contributed by atoms with van der Waals surface area (Å²) in [7, 11) is 0. The van der Waals surface area contributed by atoms with Crippen molar-refractivity contribution < 1.29 is 0 Å². The molecular formula is C26H22N6S.